The minimum atomic E-state index is -1.06. The van der Waals surface area contributed by atoms with Crippen LogP contribution in [-0.2, 0) is 14.3 Å². The molecule has 0 radical (unpaired) electrons. The van der Waals surface area contributed by atoms with Crippen molar-refractivity contribution in [2.75, 3.05) is 20.3 Å². The third kappa shape index (κ3) is 4.91. The van der Waals surface area contributed by atoms with Gasteiger partial charge in [-0.3, -0.25) is 9.59 Å². The third-order valence-corrected chi connectivity index (χ3v) is 2.71. The van der Waals surface area contributed by atoms with E-state index in [1.807, 2.05) is 0 Å². The van der Waals surface area contributed by atoms with E-state index in [0.29, 0.717) is 13.2 Å². The van der Waals surface area contributed by atoms with E-state index in [0.717, 1.165) is 6.07 Å². The molecule has 0 fully saturated rings. The Bertz CT molecular complexity index is 495. The molecule has 0 saturated heterocycles. The fraction of sp³-hybridized carbons (Fsp3) is 0.467. The molecule has 0 spiro atoms. The van der Waals surface area contributed by atoms with Crippen molar-refractivity contribution in [2.45, 2.75) is 26.6 Å². The lowest BCUT2D eigenvalue weighted by Crippen LogP contribution is -2.29. The SMILES string of the molecule is CCOC(OCC)C(=O)CC(=O)c1ccc(OC)c(F)c1. The number of methoxy groups -OCH3 is 1. The maximum absolute atomic E-state index is 13.5. The van der Waals surface area contributed by atoms with Gasteiger partial charge in [-0.05, 0) is 32.0 Å². The third-order valence-electron chi connectivity index (χ3n) is 2.71. The molecular formula is C15H19FO5. The van der Waals surface area contributed by atoms with Gasteiger partial charge in [0.2, 0.25) is 6.29 Å². The van der Waals surface area contributed by atoms with Crippen LogP contribution in [0.5, 0.6) is 5.75 Å². The zero-order chi connectivity index (χ0) is 15.8. The van der Waals surface area contributed by atoms with Crippen molar-refractivity contribution in [2.24, 2.45) is 0 Å². The molecule has 0 aromatic heterocycles. The van der Waals surface area contributed by atoms with Crippen LogP contribution in [0.3, 0.4) is 0 Å². The summed E-state index contributed by atoms with van der Waals surface area (Å²) in [6, 6.07) is 3.80. The van der Waals surface area contributed by atoms with Crippen molar-refractivity contribution in [3.63, 3.8) is 0 Å². The number of rotatable bonds is 9. The maximum atomic E-state index is 13.5. The van der Waals surface area contributed by atoms with Crippen molar-refractivity contribution < 1.29 is 28.2 Å². The van der Waals surface area contributed by atoms with Gasteiger partial charge in [0.25, 0.3) is 0 Å². The predicted octanol–water partition coefficient (Wildman–Crippen LogP) is 2.38. The molecule has 0 aliphatic heterocycles. The van der Waals surface area contributed by atoms with Crippen molar-refractivity contribution in [3.05, 3.63) is 29.6 Å². The molecule has 0 amide bonds. The monoisotopic (exact) mass is 298 g/mol. The van der Waals surface area contributed by atoms with Gasteiger partial charge >= 0.3 is 0 Å². The summed E-state index contributed by atoms with van der Waals surface area (Å²) in [4.78, 5) is 23.9. The molecule has 0 saturated carbocycles. The number of ketones is 2. The van der Waals surface area contributed by atoms with E-state index in [-0.39, 0.29) is 11.3 Å². The Morgan fingerprint density at radius 2 is 1.81 bits per heavy atom. The van der Waals surface area contributed by atoms with Crippen LogP contribution in [0.4, 0.5) is 4.39 Å². The Morgan fingerprint density at radius 3 is 2.29 bits per heavy atom. The Morgan fingerprint density at radius 1 is 1.19 bits per heavy atom. The first-order chi connectivity index (χ1) is 10.0. The molecule has 0 unspecified atom stereocenters. The number of halogens is 1. The first-order valence-corrected chi connectivity index (χ1v) is 6.66. The van der Waals surface area contributed by atoms with Gasteiger partial charge < -0.3 is 14.2 Å². The maximum Gasteiger partial charge on any atom is 0.218 e. The van der Waals surface area contributed by atoms with E-state index < -0.39 is 30.1 Å². The number of carbonyl (C=O) groups is 2. The molecule has 116 valence electrons. The molecule has 1 aromatic carbocycles. The highest BCUT2D eigenvalue weighted by Crippen LogP contribution is 2.19. The zero-order valence-electron chi connectivity index (χ0n) is 12.3. The summed E-state index contributed by atoms with van der Waals surface area (Å²) >= 11 is 0. The van der Waals surface area contributed by atoms with Gasteiger partial charge in [-0.1, -0.05) is 0 Å². The molecule has 1 aromatic rings. The molecule has 6 heteroatoms. The van der Waals surface area contributed by atoms with Crippen molar-refractivity contribution in [1.29, 1.82) is 0 Å². The Labute approximate surface area is 123 Å². The second-order valence-corrected chi connectivity index (χ2v) is 4.16. The van der Waals surface area contributed by atoms with Gasteiger partial charge in [-0.15, -0.1) is 0 Å². The largest absolute Gasteiger partial charge is 0.494 e. The van der Waals surface area contributed by atoms with Gasteiger partial charge in [0, 0.05) is 18.8 Å². The summed E-state index contributed by atoms with van der Waals surface area (Å²) < 4.78 is 28.6. The van der Waals surface area contributed by atoms with Crippen LogP contribution in [0.25, 0.3) is 0 Å². The lowest BCUT2D eigenvalue weighted by Gasteiger charge is -2.15. The number of benzene rings is 1. The van der Waals surface area contributed by atoms with Gasteiger partial charge in [-0.2, -0.15) is 0 Å². The second kappa shape index (κ2) is 8.49. The van der Waals surface area contributed by atoms with Crippen LogP contribution in [0.15, 0.2) is 18.2 Å². The van der Waals surface area contributed by atoms with Gasteiger partial charge in [-0.25, -0.2) is 4.39 Å². The van der Waals surface area contributed by atoms with Crippen LogP contribution < -0.4 is 4.74 Å². The first kappa shape index (κ1) is 17.3. The van der Waals surface area contributed by atoms with Crippen molar-refractivity contribution >= 4 is 11.6 Å². The lowest BCUT2D eigenvalue weighted by atomic mass is 10.1. The average Bonchev–Trinajstić information content (AvgIpc) is 2.46. The first-order valence-electron chi connectivity index (χ1n) is 6.66. The smallest absolute Gasteiger partial charge is 0.218 e. The molecule has 0 aliphatic rings. The standard InChI is InChI=1S/C15H19FO5/c1-4-20-15(21-5-2)13(18)9-12(17)10-6-7-14(19-3)11(16)8-10/h6-8,15H,4-5,9H2,1-3H3. The molecule has 0 heterocycles. The molecule has 0 aliphatic carbocycles. The highest BCUT2D eigenvalue weighted by Gasteiger charge is 2.22. The van der Waals surface area contributed by atoms with Crippen molar-refractivity contribution in [3.8, 4) is 5.75 Å². The van der Waals surface area contributed by atoms with Crippen LogP contribution in [-0.4, -0.2) is 38.2 Å². The molecule has 0 atom stereocenters. The van der Waals surface area contributed by atoms with Crippen molar-refractivity contribution in [1.82, 2.24) is 0 Å². The van der Waals surface area contributed by atoms with Gasteiger partial charge in [0.05, 0.1) is 13.5 Å². The lowest BCUT2D eigenvalue weighted by molar-refractivity contribution is -0.166. The van der Waals surface area contributed by atoms with E-state index in [4.69, 9.17) is 14.2 Å². The minimum Gasteiger partial charge on any atom is -0.494 e. The summed E-state index contributed by atoms with van der Waals surface area (Å²) in [6.07, 6.45) is -1.47. The van der Waals surface area contributed by atoms with E-state index in [1.165, 1.54) is 19.2 Å². The highest BCUT2D eigenvalue weighted by molar-refractivity contribution is 6.08. The topological polar surface area (TPSA) is 61.8 Å². The summed E-state index contributed by atoms with van der Waals surface area (Å²) in [5.74, 6) is -1.59. The van der Waals surface area contributed by atoms with Crippen LogP contribution in [0, 0.1) is 5.82 Å². The molecule has 5 nitrogen and oxygen atoms in total. The number of carbonyl (C=O) groups excluding carboxylic acids is 2. The Hall–Kier alpha value is -1.79. The van der Waals surface area contributed by atoms with Gasteiger partial charge in [0.15, 0.2) is 23.1 Å². The highest BCUT2D eigenvalue weighted by atomic mass is 19.1. The van der Waals surface area contributed by atoms with E-state index in [1.54, 1.807) is 13.8 Å². The minimum absolute atomic E-state index is 0.0411. The van der Waals surface area contributed by atoms with Crippen LogP contribution in [0.1, 0.15) is 30.6 Å². The zero-order valence-corrected chi connectivity index (χ0v) is 12.3. The summed E-state index contributed by atoms with van der Waals surface area (Å²) in [6.45, 7) is 4.03. The van der Waals surface area contributed by atoms with E-state index >= 15 is 0 Å². The fourth-order valence-corrected chi connectivity index (χ4v) is 1.72. The summed E-state index contributed by atoms with van der Waals surface area (Å²) in [5, 5.41) is 0. The molecule has 0 N–H and O–H groups in total. The van der Waals surface area contributed by atoms with Gasteiger partial charge in [0.1, 0.15) is 0 Å². The quantitative estimate of drug-likeness (QED) is 0.398. The van der Waals surface area contributed by atoms with E-state index in [9.17, 15) is 14.0 Å². The fourth-order valence-electron chi connectivity index (χ4n) is 1.72. The average molecular weight is 298 g/mol. The number of hydrogen-bond acceptors (Lipinski definition) is 5. The predicted molar refractivity (Wildman–Crippen MR) is 73.9 cm³/mol. The number of Topliss-reactive ketones (excluding diaryl/α,β-unsaturated/α-hetero) is 2. The van der Waals surface area contributed by atoms with E-state index in [2.05, 4.69) is 0 Å². The normalized spacial score (nSPS) is 10.7. The Kier molecular flexibility index (Phi) is 6.98. The van der Waals surface area contributed by atoms with Crippen LogP contribution in [0.2, 0.25) is 0 Å². The molecule has 21 heavy (non-hydrogen) atoms. The number of hydrogen-bond donors (Lipinski definition) is 0. The Balaban J connectivity index is 2.75. The molecule has 1 rings (SSSR count). The van der Waals surface area contributed by atoms with Crippen LogP contribution >= 0.6 is 0 Å². The summed E-state index contributed by atoms with van der Waals surface area (Å²) in [7, 11) is 1.33. The molecule has 0 bridgehead atoms. The number of ether oxygens (including phenoxy) is 3. The second-order valence-electron chi connectivity index (χ2n) is 4.16. The summed E-state index contributed by atoms with van der Waals surface area (Å²) in [5.41, 5.74) is 0.105. The molecular weight excluding hydrogens is 279 g/mol.